The third-order valence-electron chi connectivity index (χ3n) is 4.30. The Morgan fingerprint density at radius 1 is 0.957 bits per heavy atom. The number of rotatable bonds is 7. The van der Waals surface area contributed by atoms with Crippen molar-refractivity contribution in [3.8, 4) is 17.2 Å². The monoisotopic (exact) mass is 313 g/mol. The lowest BCUT2D eigenvalue weighted by molar-refractivity contribution is 0.0725. The van der Waals surface area contributed by atoms with E-state index in [1.54, 1.807) is 14.2 Å². The molecule has 1 aliphatic heterocycles. The van der Waals surface area contributed by atoms with Gasteiger partial charge in [-0.25, -0.2) is 0 Å². The van der Waals surface area contributed by atoms with Crippen LogP contribution in [0.3, 0.4) is 0 Å². The molecule has 0 N–H and O–H groups in total. The number of ether oxygens (including phenoxy) is 3. The van der Waals surface area contributed by atoms with Gasteiger partial charge < -0.3 is 14.2 Å². The van der Waals surface area contributed by atoms with E-state index in [2.05, 4.69) is 23.1 Å². The molecule has 0 spiro atoms. The normalized spacial score (nSPS) is 17.4. The highest BCUT2D eigenvalue weighted by Gasteiger charge is 2.29. The van der Waals surface area contributed by atoms with Crippen LogP contribution < -0.4 is 14.2 Å². The van der Waals surface area contributed by atoms with Gasteiger partial charge >= 0.3 is 0 Å². The molecule has 0 radical (unpaired) electrons. The van der Waals surface area contributed by atoms with Gasteiger partial charge in [0.05, 0.1) is 14.2 Å². The molecule has 1 atom stereocenters. The van der Waals surface area contributed by atoms with Crippen LogP contribution in [0, 0.1) is 0 Å². The summed E-state index contributed by atoms with van der Waals surface area (Å²) in [5.41, 5.74) is 1.32. The van der Waals surface area contributed by atoms with E-state index >= 15 is 0 Å². The predicted octanol–water partition coefficient (Wildman–Crippen LogP) is 3.53. The van der Waals surface area contributed by atoms with E-state index in [4.69, 9.17) is 14.2 Å². The summed E-state index contributed by atoms with van der Waals surface area (Å²) >= 11 is 0. The molecule has 4 nitrogen and oxygen atoms in total. The Hall–Kier alpha value is -2.20. The fraction of sp³-hybridized carbons (Fsp3) is 0.368. The van der Waals surface area contributed by atoms with Crippen LogP contribution in [0.25, 0.3) is 0 Å². The molecule has 4 heteroatoms. The molecule has 1 saturated heterocycles. The fourth-order valence-electron chi connectivity index (χ4n) is 2.91. The summed E-state index contributed by atoms with van der Waals surface area (Å²) in [6.07, 6.45) is 1.19. The Labute approximate surface area is 137 Å². The first-order chi connectivity index (χ1) is 11.3. The average molecular weight is 313 g/mol. The standard InChI is InChI=1S/C19H23NO3/c1-21-16-6-3-5-15(13-16)19-9-10-20(19)11-12-23-18-8-4-7-17(14-18)22-2/h3-8,13-14,19H,9-12H2,1-2H3/t19-/m1/s1. The van der Waals surface area contributed by atoms with E-state index in [1.165, 1.54) is 12.0 Å². The number of benzene rings is 2. The molecule has 0 saturated carbocycles. The molecule has 2 aromatic carbocycles. The van der Waals surface area contributed by atoms with Crippen LogP contribution in [0.4, 0.5) is 0 Å². The summed E-state index contributed by atoms with van der Waals surface area (Å²) in [6, 6.07) is 16.5. The SMILES string of the molecule is COc1cccc(OCCN2CC[C@@H]2c2cccc(OC)c2)c1. The third-order valence-corrected chi connectivity index (χ3v) is 4.30. The second-order valence-electron chi connectivity index (χ2n) is 5.64. The molecule has 0 unspecified atom stereocenters. The molecule has 0 amide bonds. The van der Waals surface area contributed by atoms with E-state index in [9.17, 15) is 0 Å². The molecule has 122 valence electrons. The summed E-state index contributed by atoms with van der Waals surface area (Å²) in [5, 5.41) is 0. The molecule has 1 heterocycles. The number of nitrogens with zero attached hydrogens (tertiary/aromatic N) is 1. The van der Waals surface area contributed by atoms with Gasteiger partial charge in [-0.2, -0.15) is 0 Å². The Kier molecular flexibility index (Phi) is 5.03. The first-order valence-electron chi connectivity index (χ1n) is 7.95. The molecule has 0 aliphatic carbocycles. The summed E-state index contributed by atoms with van der Waals surface area (Å²) < 4.78 is 16.4. The topological polar surface area (TPSA) is 30.9 Å². The van der Waals surface area contributed by atoms with Gasteiger partial charge in [0.2, 0.25) is 0 Å². The van der Waals surface area contributed by atoms with Crippen LogP contribution in [-0.2, 0) is 0 Å². The van der Waals surface area contributed by atoms with Crippen LogP contribution in [0.2, 0.25) is 0 Å². The highest BCUT2D eigenvalue weighted by molar-refractivity contribution is 5.33. The summed E-state index contributed by atoms with van der Waals surface area (Å²) in [5.74, 6) is 2.59. The van der Waals surface area contributed by atoms with Crippen LogP contribution in [-0.4, -0.2) is 38.8 Å². The van der Waals surface area contributed by atoms with Gasteiger partial charge in [0, 0.05) is 25.2 Å². The van der Waals surface area contributed by atoms with Gasteiger partial charge in [-0.15, -0.1) is 0 Å². The van der Waals surface area contributed by atoms with Crippen LogP contribution in [0.15, 0.2) is 48.5 Å². The molecule has 23 heavy (non-hydrogen) atoms. The molecule has 1 fully saturated rings. The van der Waals surface area contributed by atoms with Crippen molar-refractivity contribution >= 4 is 0 Å². The zero-order chi connectivity index (χ0) is 16.1. The van der Waals surface area contributed by atoms with Gasteiger partial charge in [-0.05, 0) is 36.2 Å². The Bertz CT molecular complexity index is 644. The van der Waals surface area contributed by atoms with E-state index in [1.807, 2.05) is 30.3 Å². The van der Waals surface area contributed by atoms with Crippen molar-refractivity contribution in [1.29, 1.82) is 0 Å². The molecule has 1 aliphatic rings. The van der Waals surface area contributed by atoms with Crippen molar-refractivity contribution in [2.75, 3.05) is 33.9 Å². The van der Waals surface area contributed by atoms with Crippen molar-refractivity contribution in [3.05, 3.63) is 54.1 Å². The zero-order valence-electron chi connectivity index (χ0n) is 13.7. The number of methoxy groups -OCH3 is 2. The summed E-state index contributed by atoms with van der Waals surface area (Å²) in [7, 11) is 3.37. The van der Waals surface area contributed by atoms with Gasteiger partial charge in [0.15, 0.2) is 0 Å². The average Bonchev–Trinajstić information content (AvgIpc) is 2.58. The van der Waals surface area contributed by atoms with Crippen LogP contribution in [0.5, 0.6) is 17.2 Å². The lowest BCUT2D eigenvalue weighted by atomic mass is 9.95. The quantitative estimate of drug-likeness (QED) is 0.782. The molecule has 0 aromatic heterocycles. The molecule has 3 rings (SSSR count). The van der Waals surface area contributed by atoms with Crippen molar-refractivity contribution in [1.82, 2.24) is 4.90 Å². The van der Waals surface area contributed by atoms with E-state index in [0.717, 1.165) is 30.3 Å². The van der Waals surface area contributed by atoms with E-state index in [-0.39, 0.29) is 0 Å². The molecule has 2 aromatic rings. The first kappa shape index (κ1) is 15.7. The maximum Gasteiger partial charge on any atom is 0.123 e. The maximum absolute atomic E-state index is 5.84. The second kappa shape index (κ2) is 7.38. The number of likely N-dealkylation sites (tertiary alicyclic amines) is 1. The zero-order valence-corrected chi connectivity index (χ0v) is 13.7. The van der Waals surface area contributed by atoms with Crippen molar-refractivity contribution in [2.24, 2.45) is 0 Å². The Morgan fingerprint density at radius 3 is 2.35 bits per heavy atom. The predicted molar refractivity (Wildman–Crippen MR) is 90.4 cm³/mol. The molecule has 0 bridgehead atoms. The second-order valence-corrected chi connectivity index (χ2v) is 5.64. The minimum Gasteiger partial charge on any atom is -0.497 e. The van der Waals surface area contributed by atoms with Gasteiger partial charge in [-0.3, -0.25) is 4.90 Å². The number of hydrogen-bond acceptors (Lipinski definition) is 4. The van der Waals surface area contributed by atoms with Crippen molar-refractivity contribution < 1.29 is 14.2 Å². The van der Waals surface area contributed by atoms with Crippen molar-refractivity contribution in [3.63, 3.8) is 0 Å². The highest BCUT2D eigenvalue weighted by atomic mass is 16.5. The van der Waals surface area contributed by atoms with Gasteiger partial charge in [0.25, 0.3) is 0 Å². The summed E-state index contributed by atoms with van der Waals surface area (Å²) in [4.78, 5) is 2.44. The first-order valence-corrected chi connectivity index (χ1v) is 7.95. The molecular weight excluding hydrogens is 290 g/mol. The van der Waals surface area contributed by atoms with Gasteiger partial charge in [-0.1, -0.05) is 18.2 Å². The smallest absolute Gasteiger partial charge is 0.123 e. The van der Waals surface area contributed by atoms with Gasteiger partial charge in [0.1, 0.15) is 23.9 Å². The third kappa shape index (κ3) is 3.77. The lowest BCUT2D eigenvalue weighted by Crippen LogP contribution is -2.43. The Morgan fingerprint density at radius 2 is 1.65 bits per heavy atom. The highest BCUT2D eigenvalue weighted by Crippen LogP contribution is 2.34. The van der Waals surface area contributed by atoms with Crippen molar-refractivity contribution in [2.45, 2.75) is 12.5 Å². The van der Waals surface area contributed by atoms with Crippen LogP contribution >= 0.6 is 0 Å². The number of hydrogen-bond donors (Lipinski definition) is 0. The van der Waals surface area contributed by atoms with E-state index in [0.29, 0.717) is 12.6 Å². The van der Waals surface area contributed by atoms with Crippen LogP contribution in [0.1, 0.15) is 18.0 Å². The fourth-order valence-corrected chi connectivity index (χ4v) is 2.91. The molecular formula is C19H23NO3. The minimum atomic E-state index is 0.471. The lowest BCUT2D eigenvalue weighted by Gasteiger charge is -2.41. The largest absolute Gasteiger partial charge is 0.497 e. The minimum absolute atomic E-state index is 0.471. The van der Waals surface area contributed by atoms with E-state index < -0.39 is 0 Å². The summed E-state index contributed by atoms with van der Waals surface area (Å²) in [6.45, 7) is 2.70. The maximum atomic E-state index is 5.84. The Balaban J connectivity index is 1.52.